The highest BCUT2D eigenvalue weighted by atomic mass is 35.5. The third-order valence-electron chi connectivity index (χ3n) is 4.76. The molecule has 0 aromatic carbocycles. The first-order valence-corrected chi connectivity index (χ1v) is 6.97. The summed E-state index contributed by atoms with van der Waals surface area (Å²) < 4.78 is 0. The van der Waals surface area contributed by atoms with Crippen molar-refractivity contribution < 1.29 is 20.1 Å². The van der Waals surface area contributed by atoms with E-state index in [2.05, 4.69) is 0 Å². The van der Waals surface area contributed by atoms with Crippen molar-refractivity contribution in [2.45, 2.75) is 51.6 Å². The molecule has 4 aliphatic carbocycles. The van der Waals surface area contributed by atoms with Gasteiger partial charge in [-0.3, -0.25) is 4.79 Å². The Morgan fingerprint density at radius 1 is 1.16 bits per heavy atom. The van der Waals surface area contributed by atoms with Crippen LogP contribution in [0.5, 0.6) is 0 Å². The average Bonchev–Trinajstić information content (AvgIpc) is 2.27. The second kappa shape index (κ2) is 6.42. The second-order valence-electron chi connectivity index (χ2n) is 6.53. The number of halogens is 1. The Balaban J connectivity index is 0.000000265. The van der Waals surface area contributed by atoms with Gasteiger partial charge in [0.25, 0.3) is 0 Å². The number of hydrogen-bond donors (Lipinski definition) is 3. The molecule has 1 atom stereocenters. The molecule has 5 heteroatoms. The molecular formula is C14H25ClO4. The van der Waals surface area contributed by atoms with Crippen LogP contribution in [-0.4, -0.2) is 34.0 Å². The highest BCUT2D eigenvalue weighted by Gasteiger charge is 2.54. The minimum absolute atomic E-state index is 0. The maximum Gasteiger partial charge on any atom is 0.309 e. The van der Waals surface area contributed by atoms with Crippen LogP contribution >= 0.6 is 12.4 Å². The molecule has 0 aliphatic heterocycles. The molecule has 0 heterocycles. The molecule has 4 nitrogen and oxygen atoms in total. The Hall–Kier alpha value is -0.320. The van der Waals surface area contributed by atoms with Gasteiger partial charge >= 0.3 is 5.97 Å². The standard InChI is InChI=1S/C11H16O2.C3H8O2.ClH/c12-10(13)11-4-7-1-8(5-11)3-9(2-7)6-11;1-3(5)2-4;/h7-9H,1-6H2,(H,12,13);3-5H,2H2,1H3;1H. The molecule has 0 radical (unpaired) electrons. The lowest BCUT2D eigenvalue weighted by Gasteiger charge is -2.54. The fraction of sp³-hybridized carbons (Fsp3) is 0.929. The van der Waals surface area contributed by atoms with Crippen molar-refractivity contribution in [3.63, 3.8) is 0 Å². The van der Waals surface area contributed by atoms with Gasteiger partial charge in [0.1, 0.15) is 0 Å². The molecule has 4 bridgehead atoms. The maximum atomic E-state index is 11.3. The monoisotopic (exact) mass is 292 g/mol. The van der Waals surface area contributed by atoms with Crippen LogP contribution in [0.1, 0.15) is 45.4 Å². The Morgan fingerprint density at radius 3 is 1.68 bits per heavy atom. The lowest BCUT2D eigenvalue weighted by atomic mass is 9.49. The van der Waals surface area contributed by atoms with Crippen molar-refractivity contribution in [1.29, 1.82) is 0 Å². The molecule has 0 amide bonds. The molecule has 1 unspecified atom stereocenters. The summed E-state index contributed by atoms with van der Waals surface area (Å²) in [4.78, 5) is 11.3. The molecule has 4 fully saturated rings. The Morgan fingerprint density at radius 2 is 1.47 bits per heavy atom. The van der Waals surface area contributed by atoms with Crippen LogP contribution in [0.3, 0.4) is 0 Å². The number of rotatable bonds is 2. The van der Waals surface area contributed by atoms with E-state index >= 15 is 0 Å². The van der Waals surface area contributed by atoms with Crippen LogP contribution < -0.4 is 0 Å². The number of aliphatic hydroxyl groups is 2. The van der Waals surface area contributed by atoms with Crippen molar-refractivity contribution in [3.8, 4) is 0 Å². The van der Waals surface area contributed by atoms with Crippen LogP contribution in [-0.2, 0) is 4.79 Å². The van der Waals surface area contributed by atoms with Gasteiger partial charge in [-0.2, -0.15) is 0 Å². The molecular weight excluding hydrogens is 268 g/mol. The molecule has 19 heavy (non-hydrogen) atoms. The van der Waals surface area contributed by atoms with Crippen LogP contribution in [0, 0.1) is 23.2 Å². The van der Waals surface area contributed by atoms with Crippen molar-refractivity contribution >= 4 is 18.4 Å². The van der Waals surface area contributed by atoms with Gasteiger partial charge < -0.3 is 15.3 Å². The highest BCUT2D eigenvalue weighted by molar-refractivity contribution is 5.85. The normalized spacial score (nSPS) is 39.8. The zero-order valence-corrected chi connectivity index (χ0v) is 12.2. The number of aliphatic hydroxyl groups excluding tert-OH is 2. The summed E-state index contributed by atoms with van der Waals surface area (Å²) in [5.41, 5.74) is -0.283. The first kappa shape index (κ1) is 16.7. The van der Waals surface area contributed by atoms with Gasteiger partial charge in [-0.05, 0) is 63.2 Å². The summed E-state index contributed by atoms with van der Waals surface area (Å²) in [6.45, 7) is 1.39. The van der Waals surface area contributed by atoms with Crippen LogP contribution in [0.15, 0.2) is 0 Å². The minimum atomic E-state index is -0.560. The Labute approximate surface area is 120 Å². The van der Waals surface area contributed by atoms with E-state index in [1.165, 1.54) is 26.2 Å². The third kappa shape index (κ3) is 3.61. The molecule has 0 spiro atoms. The minimum Gasteiger partial charge on any atom is -0.481 e. The van der Waals surface area contributed by atoms with Gasteiger partial charge in [0.15, 0.2) is 0 Å². The van der Waals surface area contributed by atoms with Gasteiger partial charge in [-0.25, -0.2) is 0 Å². The van der Waals surface area contributed by atoms with E-state index in [1.807, 2.05) is 0 Å². The van der Waals surface area contributed by atoms with E-state index < -0.39 is 12.1 Å². The predicted molar refractivity (Wildman–Crippen MR) is 74.3 cm³/mol. The van der Waals surface area contributed by atoms with Crippen molar-refractivity contribution in [2.75, 3.05) is 6.61 Å². The molecule has 0 saturated heterocycles. The molecule has 0 aromatic heterocycles. The molecule has 4 aliphatic rings. The van der Waals surface area contributed by atoms with Crippen LogP contribution in [0.2, 0.25) is 0 Å². The van der Waals surface area contributed by atoms with Crippen molar-refractivity contribution in [1.82, 2.24) is 0 Å². The van der Waals surface area contributed by atoms with Crippen LogP contribution in [0.25, 0.3) is 0 Å². The third-order valence-corrected chi connectivity index (χ3v) is 4.76. The fourth-order valence-corrected chi connectivity index (χ4v) is 4.37. The number of carboxylic acid groups (broad SMARTS) is 1. The first-order valence-electron chi connectivity index (χ1n) is 6.97. The summed E-state index contributed by atoms with van der Waals surface area (Å²) >= 11 is 0. The lowest BCUT2D eigenvalue weighted by molar-refractivity contribution is -0.164. The van der Waals surface area contributed by atoms with Gasteiger partial charge in [-0.1, -0.05) is 0 Å². The quantitative estimate of drug-likeness (QED) is 0.728. The van der Waals surface area contributed by atoms with E-state index in [-0.39, 0.29) is 24.4 Å². The summed E-state index contributed by atoms with van der Waals surface area (Å²) in [6.07, 6.45) is 6.36. The zero-order valence-electron chi connectivity index (χ0n) is 11.4. The maximum absolute atomic E-state index is 11.3. The summed E-state index contributed by atoms with van der Waals surface area (Å²) in [5, 5.41) is 25.3. The SMILES string of the molecule is CC(O)CO.Cl.O=C(O)C12CC3CC(CC(C3)C1)C2. The molecule has 0 aromatic rings. The van der Waals surface area contributed by atoms with Crippen LogP contribution in [0.4, 0.5) is 0 Å². The first-order chi connectivity index (χ1) is 8.45. The largest absolute Gasteiger partial charge is 0.481 e. The van der Waals surface area contributed by atoms with Gasteiger partial charge in [-0.15, -0.1) is 12.4 Å². The Bertz CT molecular complexity index is 281. The lowest BCUT2D eigenvalue weighted by Crippen LogP contribution is -2.49. The van der Waals surface area contributed by atoms with Crippen molar-refractivity contribution in [3.05, 3.63) is 0 Å². The van der Waals surface area contributed by atoms with Gasteiger partial charge in [0.2, 0.25) is 0 Å². The second-order valence-corrected chi connectivity index (χ2v) is 6.53. The van der Waals surface area contributed by atoms with Gasteiger partial charge in [0.05, 0.1) is 18.1 Å². The highest BCUT2D eigenvalue weighted by Crippen LogP contribution is 2.59. The van der Waals surface area contributed by atoms with Gasteiger partial charge in [0, 0.05) is 0 Å². The Kier molecular flexibility index (Phi) is 5.65. The smallest absolute Gasteiger partial charge is 0.309 e. The van der Waals surface area contributed by atoms with E-state index in [9.17, 15) is 9.90 Å². The number of aliphatic carboxylic acids is 1. The van der Waals surface area contributed by atoms with E-state index in [4.69, 9.17) is 10.2 Å². The number of hydrogen-bond acceptors (Lipinski definition) is 3. The molecule has 4 rings (SSSR count). The summed E-state index contributed by atoms with van der Waals surface area (Å²) in [5.74, 6) is 1.75. The number of carboxylic acids is 1. The van der Waals surface area contributed by atoms with E-state index in [0.717, 1.165) is 37.0 Å². The average molecular weight is 293 g/mol. The fourth-order valence-electron chi connectivity index (χ4n) is 4.37. The topological polar surface area (TPSA) is 77.8 Å². The molecule has 112 valence electrons. The van der Waals surface area contributed by atoms with E-state index in [1.54, 1.807) is 0 Å². The summed E-state index contributed by atoms with van der Waals surface area (Å²) in [6, 6.07) is 0. The predicted octanol–water partition coefficient (Wildman–Crippen LogP) is 2.07. The summed E-state index contributed by atoms with van der Waals surface area (Å²) in [7, 11) is 0. The molecule has 3 N–H and O–H groups in total. The zero-order chi connectivity index (χ0) is 13.3. The van der Waals surface area contributed by atoms with Crippen molar-refractivity contribution in [2.24, 2.45) is 23.2 Å². The number of carbonyl (C=O) groups is 1. The molecule has 4 saturated carbocycles. The van der Waals surface area contributed by atoms with E-state index in [0.29, 0.717) is 0 Å².